The molecule has 1 aliphatic rings. The zero-order valence-electron chi connectivity index (χ0n) is 16.0. The van der Waals surface area contributed by atoms with E-state index in [0.29, 0.717) is 30.0 Å². The lowest BCUT2D eigenvalue weighted by Crippen LogP contribution is -2.65. The van der Waals surface area contributed by atoms with Crippen molar-refractivity contribution in [2.24, 2.45) is 0 Å². The van der Waals surface area contributed by atoms with Crippen LogP contribution < -0.4 is 15.1 Å². The standard InChI is InChI=1S/C19H25N5O3S/c1-2-22-10-12-23(13-11-22)24-15-18(27-21-24)20-17(25)9-6-14-28-19(26)16-7-4-3-5-8-16/h3-5,7-8,15H,2,6,9-14H2,1H3/p+1. The van der Waals surface area contributed by atoms with Gasteiger partial charge in [0.2, 0.25) is 16.3 Å². The third-order valence-electron chi connectivity index (χ3n) is 4.59. The quantitative estimate of drug-likeness (QED) is 0.528. The van der Waals surface area contributed by atoms with Gasteiger partial charge < -0.3 is 0 Å². The van der Waals surface area contributed by atoms with E-state index in [-0.39, 0.29) is 11.0 Å². The van der Waals surface area contributed by atoms with Gasteiger partial charge in [-0.25, -0.2) is 0 Å². The molecule has 0 bridgehead atoms. The second-order valence-corrected chi connectivity index (χ2v) is 7.60. The van der Waals surface area contributed by atoms with Gasteiger partial charge in [-0.3, -0.25) is 24.3 Å². The molecule has 3 rings (SSSR count). The summed E-state index contributed by atoms with van der Waals surface area (Å²) in [5, 5.41) is 8.81. The molecule has 0 atom stereocenters. The Labute approximate surface area is 168 Å². The number of carbonyl (C=O) groups is 2. The molecule has 0 spiro atoms. The summed E-state index contributed by atoms with van der Waals surface area (Å²) in [6.07, 6.45) is 2.63. The number of hydrogen-bond donors (Lipinski definition) is 1. The fraction of sp³-hybridized carbons (Fsp3) is 0.474. The maximum atomic E-state index is 12.1. The molecule has 8 nitrogen and oxygen atoms in total. The highest BCUT2D eigenvalue weighted by Gasteiger charge is 2.25. The summed E-state index contributed by atoms with van der Waals surface area (Å²) in [6, 6.07) is 9.15. The van der Waals surface area contributed by atoms with Gasteiger partial charge in [0.1, 0.15) is 0 Å². The third kappa shape index (κ3) is 5.80. The fourth-order valence-electron chi connectivity index (χ4n) is 2.94. The van der Waals surface area contributed by atoms with Crippen LogP contribution in [0.15, 0.2) is 41.1 Å². The van der Waals surface area contributed by atoms with E-state index in [4.69, 9.17) is 4.52 Å². The van der Waals surface area contributed by atoms with Crippen LogP contribution in [0.1, 0.15) is 30.1 Å². The van der Waals surface area contributed by atoms with Crippen LogP contribution >= 0.6 is 11.8 Å². The molecule has 9 heteroatoms. The summed E-state index contributed by atoms with van der Waals surface area (Å²) >= 11 is 1.23. The van der Waals surface area contributed by atoms with Gasteiger partial charge in [0, 0.05) is 30.8 Å². The average molecular weight is 405 g/mol. The Bertz CT molecular complexity index is 775. The lowest BCUT2D eigenvalue weighted by atomic mass is 10.2. The van der Waals surface area contributed by atoms with Gasteiger partial charge in [0.05, 0.1) is 17.9 Å². The molecule has 0 saturated carbocycles. The third-order valence-corrected chi connectivity index (χ3v) is 5.59. The first-order valence-corrected chi connectivity index (χ1v) is 10.5. The van der Waals surface area contributed by atoms with Crippen LogP contribution in [-0.2, 0) is 4.79 Å². The highest BCUT2D eigenvalue weighted by atomic mass is 32.2. The number of amides is 1. The van der Waals surface area contributed by atoms with Crippen LogP contribution in [-0.4, -0.2) is 59.7 Å². The van der Waals surface area contributed by atoms with Crippen molar-refractivity contribution >= 4 is 28.7 Å². The van der Waals surface area contributed by atoms with Crippen molar-refractivity contribution in [3.8, 4) is 0 Å². The highest BCUT2D eigenvalue weighted by molar-refractivity contribution is 8.14. The largest absolute Gasteiger partial charge is 0.305 e. The number of likely N-dealkylation sites (N-methyl/N-ethyl adjacent to an activating group) is 1. The van der Waals surface area contributed by atoms with E-state index in [0.717, 1.165) is 32.7 Å². The first kappa shape index (κ1) is 20.3. The molecule has 1 aromatic heterocycles. The maximum absolute atomic E-state index is 12.1. The molecule has 1 saturated heterocycles. The summed E-state index contributed by atoms with van der Waals surface area (Å²) in [4.78, 5) is 28.1. The Hall–Kier alpha value is -2.39. The number of hydrogen-bond acceptors (Lipinski definition) is 7. The molecule has 2 aromatic rings. The molecule has 1 amide bonds. The van der Waals surface area contributed by atoms with Crippen molar-refractivity contribution in [1.82, 2.24) is 10.2 Å². The van der Waals surface area contributed by atoms with Gasteiger partial charge in [0.15, 0.2) is 0 Å². The van der Waals surface area contributed by atoms with Crippen LogP contribution in [0, 0.1) is 0 Å². The smallest absolute Gasteiger partial charge is 0.300 e. The average Bonchev–Trinajstić information content (AvgIpc) is 3.20. The zero-order chi connectivity index (χ0) is 19.8. The minimum Gasteiger partial charge on any atom is -0.300 e. The lowest BCUT2D eigenvalue weighted by Gasteiger charge is -2.28. The number of nitrogens with one attached hydrogen (secondary N) is 1. The fourth-order valence-corrected chi connectivity index (χ4v) is 3.72. The number of thioether (sulfide) groups is 1. The molecule has 150 valence electrons. The predicted molar refractivity (Wildman–Crippen MR) is 108 cm³/mol. The SMILES string of the molecule is CCN1CCN([n+]2cc(NC(=O)CCCSC(=O)c3ccccc3)on2)CC1. The predicted octanol–water partition coefficient (Wildman–Crippen LogP) is 1.53. The number of carbonyl (C=O) groups excluding carboxylic acids is 2. The number of rotatable bonds is 8. The van der Waals surface area contributed by atoms with Crippen molar-refractivity contribution in [3.63, 3.8) is 0 Å². The van der Waals surface area contributed by atoms with Crippen molar-refractivity contribution in [1.29, 1.82) is 0 Å². The maximum Gasteiger partial charge on any atom is 0.305 e. The molecule has 0 radical (unpaired) electrons. The van der Waals surface area contributed by atoms with Crippen LogP contribution in [0.25, 0.3) is 0 Å². The summed E-state index contributed by atoms with van der Waals surface area (Å²) in [5.74, 6) is 0.780. The van der Waals surface area contributed by atoms with E-state index in [9.17, 15) is 9.59 Å². The highest BCUT2D eigenvalue weighted by Crippen LogP contribution is 2.14. The van der Waals surface area contributed by atoms with Crippen molar-refractivity contribution in [2.75, 3.05) is 48.8 Å². The topological polar surface area (TPSA) is 82.6 Å². The summed E-state index contributed by atoms with van der Waals surface area (Å²) in [6.45, 7) is 6.90. The molecular weight excluding hydrogens is 378 g/mol. The van der Waals surface area contributed by atoms with E-state index in [1.807, 2.05) is 18.2 Å². The zero-order valence-corrected chi connectivity index (χ0v) is 16.9. The first-order chi connectivity index (χ1) is 13.7. The number of anilines is 1. The van der Waals surface area contributed by atoms with Crippen molar-refractivity contribution in [2.45, 2.75) is 19.8 Å². The monoisotopic (exact) mass is 404 g/mol. The molecule has 1 N–H and O–H groups in total. The Morgan fingerprint density at radius 1 is 1.21 bits per heavy atom. The number of benzene rings is 1. The number of piperazine rings is 1. The minimum absolute atomic E-state index is 0.0282. The molecular formula is C19H26N5O3S+. The Kier molecular flexibility index (Phi) is 7.44. The van der Waals surface area contributed by atoms with Gasteiger partial charge >= 0.3 is 5.88 Å². The van der Waals surface area contributed by atoms with E-state index in [1.165, 1.54) is 11.8 Å². The van der Waals surface area contributed by atoms with Crippen molar-refractivity contribution < 1.29 is 18.9 Å². The Morgan fingerprint density at radius 3 is 2.68 bits per heavy atom. The van der Waals surface area contributed by atoms with Gasteiger partial charge in [0.25, 0.3) is 6.20 Å². The second-order valence-electron chi connectivity index (χ2n) is 6.53. The van der Waals surface area contributed by atoms with E-state index in [1.54, 1.807) is 23.1 Å². The van der Waals surface area contributed by atoms with E-state index >= 15 is 0 Å². The molecule has 0 aliphatic carbocycles. The molecule has 28 heavy (non-hydrogen) atoms. The minimum atomic E-state index is -0.146. The van der Waals surface area contributed by atoms with Gasteiger partial charge in [-0.1, -0.05) is 49.0 Å². The van der Waals surface area contributed by atoms with Gasteiger partial charge in [-0.2, -0.15) is 5.01 Å². The summed E-state index contributed by atoms with van der Waals surface area (Å²) in [7, 11) is 0. The van der Waals surface area contributed by atoms with Crippen LogP contribution in [0.5, 0.6) is 0 Å². The molecule has 2 heterocycles. The lowest BCUT2D eigenvalue weighted by molar-refractivity contribution is -0.759. The molecule has 0 unspecified atom stereocenters. The second kappa shape index (κ2) is 10.2. The number of nitrogens with zero attached hydrogens (tertiary/aromatic N) is 4. The van der Waals surface area contributed by atoms with Crippen LogP contribution in [0.3, 0.4) is 0 Å². The van der Waals surface area contributed by atoms with E-state index < -0.39 is 0 Å². The molecule has 1 aliphatic heterocycles. The number of aromatic nitrogens is 2. The first-order valence-electron chi connectivity index (χ1n) is 9.54. The summed E-state index contributed by atoms with van der Waals surface area (Å²) < 4.78 is 5.21. The van der Waals surface area contributed by atoms with Crippen molar-refractivity contribution in [3.05, 3.63) is 42.1 Å². The molecule has 1 fully saturated rings. The normalized spacial score (nSPS) is 14.8. The Morgan fingerprint density at radius 2 is 1.96 bits per heavy atom. The summed E-state index contributed by atoms with van der Waals surface area (Å²) in [5.41, 5.74) is 0.683. The van der Waals surface area contributed by atoms with Gasteiger partial charge in [-0.15, -0.1) is 0 Å². The Balaban J connectivity index is 1.36. The van der Waals surface area contributed by atoms with E-state index in [2.05, 4.69) is 27.4 Å². The molecule has 1 aromatic carbocycles. The van der Waals surface area contributed by atoms with Crippen LogP contribution in [0.4, 0.5) is 5.88 Å². The van der Waals surface area contributed by atoms with Crippen LogP contribution in [0.2, 0.25) is 0 Å². The van der Waals surface area contributed by atoms with Gasteiger partial charge in [-0.05, 0) is 13.0 Å².